The zero-order valence-electron chi connectivity index (χ0n) is 14.9. The van der Waals surface area contributed by atoms with Gasteiger partial charge in [0.15, 0.2) is 5.78 Å². The summed E-state index contributed by atoms with van der Waals surface area (Å²) in [5.41, 5.74) is 6.74. The van der Waals surface area contributed by atoms with Crippen molar-refractivity contribution < 1.29 is 4.79 Å². The minimum Gasteiger partial charge on any atom is -0.399 e. The number of terminal acetylenes is 2. The van der Waals surface area contributed by atoms with Crippen molar-refractivity contribution in [2.75, 3.05) is 5.73 Å². The summed E-state index contributed by atoms with van der Waals surface area (Å²) in [6, 6.07) is 0. The van der Waals surface area contributed by atoms with Gasteiger partial charge in [0, 0.05) is 11.8 Å². The number of ketones is 1. The average Bonchev–Trinajstić information content (AvgIpc) is 2.95. The molecule has 1 heterocycles. The van der Waals surface area contributed by atoms with Crippen LogP contribution in [0.25, 0.3) is 4.85 Å². The lowest BCUT2D eigenvalue weighted by atomic mass is 9.74. The van der Waals surface area contributed by atoms with Gasteiger partial charge >= 0.3 is 0 Å². The lowest BCUT2D eigenvalue weighted by Gasteiger charge is -2.29. The van der Waals surface area contributed by atoms with E-state index in [1.54, 1.807) is 0 Å². The molecular weight excluding hydrogens is 328 g/mol. The van der Waals surface area contributed by atoms with Crippen molar-refractivity contribution in [1.29, 1.82) is 0 Å². The maximum absolute atomic E-state index is 11.2. The molecule has 2 aliphatic carbocycles. The molecule has 0 radical (unpaired) electrons. The van der Waals surface area contributed by atoms with Crippen LogP contribution in [0.1, 0.15) is 62.8 Å². The summed E-state index contributed by atoms with van der Waals surface area (Å²) < 4.78 is 0. The van der Waals surface area contributed by atoms with Gasteiger partial charge in [-0.25, -0.2) is 4.85 Å². The number of aryl methyl sites for hydroxylation is 1. The molecule has 0 saturated heterocycles. The molecule has 1 aromatic rings. The Labute approximate surface area is 154 Å². The first-order valence-electron chi connectivity index (χ1n) is 8.59. The Morgan fingerprint density at radius 3 is 2.28 bits per heavy atom. The summed E-state index contributed by atoms with van der Waals surface area (Å²) in [5, 5.41) is 0.623. The van der Waals surface area contributed by atoms with E-state index in [0.29, 0.717) is 17.1 Å². The van der Waals surface area contributed by atoms with Crippen LogP contribution in [0.15, 0.2) is 0 Å². The highest BCUT2D eigenvalue weighted by Gasteiger charge is 2.35. The van der Waals surface area contributed by atoms with Crippen LogP contribution in [-0.4, -0.2) is 5.78 Å². The van der Waals surface area contributed by atoms with Crippen LogP contribution in [0.2, 0.25) is 0 Å². The number of rotatable bonds is 0. The van der Waals surface area contributed by atoms with Crippen molar-refractivity contribution >= 4 is 27.8 Å². The van der Waals surface area contributed by atoms with Crippen LogP contribution in [0, 0.1) is 36.7 Å². The Morgan fingerprint density at radius 2 is 1.76 bits per heavy atom. The molecule has 2 N–H and O–H groups in total. The van der Waals surface area contributed by atoms with E-state index in [1.165, 1.54) is 16.2 Å². The Kier molecular flexibility index (Phi) is 5.62. The second-order valence-corrected chi connectivity index (χ2v) is 8.30. The van der Waals surface area contributed by atoms with E-state index in [2.05, 4.69) is 16.7 Å². The van der Waals surface area contributed by atoms with E-state index in [0.717, 1.165) is 44.1 Å². The number of thiophene rings is 1. The molecule has 1 fully saturated rings. The second kappa shape index (κ2) is 7.35. The third-order valence-corrected chi connectivity index (χ3v) is 6.38. The van der Waals surface area contributed by atoms with E-state index < -0.39 is 5.41 Å². The summed E-state index contributed by atoms with van der Waals surface area (Å²) in [5.74, 6) is 5.66. The van der Waals surface area contributed by atoms with Gasteiger partial charge in [-0.1, -0.05) is 18.3 Å². The maximum Gasteiger partial charge on any atom is 0.225 e. The van der Waals surface area contributed by atoms with Crippen LogP contribution in [0.5, 0.6) is 0 Å². The monoisotopic (exact) mass is 352 g/mol. The van der Waals surface area contributed by atoms with Gasteiger partial charge in [0.1, 0.15) is 0 Å². The summed E-state index contributed by atoms with van der Waals surface area (Å²) in [7, 11) is 0. The molecule has 130 valence electrons. The van der Waals surface area contributed by atoms with E-state index in [4.69, 9.17) is 25.2 Å². The summed E-state index contributed by atoms with van der Waals surface area (Å²) in [6.07, 6.45) is 17.6. The van der Waals surface area contributed by atoms with Crippen molar-refractivity contribution in [2.24, 2.45) is 5.41 Å². The highest BCUT2D eigenvalue weighted by molar-refractivity contribution is 7.16. The number of anilines is 1. The number of nitrogens with zero attached hydrogens (tertiary/aromatic N) is 1. The Morgan fingerprint density at radius 1 is 1.12 bits per heavy atom. The number of fused-ring (bicyclic) bond motifs is 1. The van der Waals surface area contributed by atoms with Crippen molar-refractivity contribution in [1.82, 2.24) is 0 Å². The highest BCUT2D eigenvalue weighted by atomic mass is 32.1. The van der Waals surface area contributed by atoms with E-state index >= 15 is 0 Å². The first-order chi connectivity index (χ1) is 11.8. The second-order valence-electron chi connectivity index (χ2n) is 7.16. The van der Waals surface area contributed by atoms with Gasteiger partial charge in [0.05, 0.1) is 17.0 Å². The summed E-state index contributed by atoms with van der Waals surface area (Å²) in [6.45, 7) is 11.1. The zero-order chi connectivity index (χ0) is 18.7. The molecule has 1 aromatic heterocycles. The minimum absolute atomic E-state index is 0.251. The average molecular weight is 353 g/mol. The number of carbonyl (C=O) groups is 1. The maximum atomic E-state index is 11.2. The van der Waals surface area contributed by atoms with E-state index in [-0.39, 0.29) is 11.2 Å². The molecule has 3 nitrogen and oxygen atoms in total. The molecule has 4 heteroatoms. The molecule has 2 atom stereocenters. The van der Waals surface area contributed by atoms with Gasteiger partial charge in [-0.2, -0.15) is 0 Å². The number of nitrogen functional groups attached to an aromatic ring is 1. The Hall–Kier alpha value is -2.22. The number of carbonyl (C=O) groups excluding carboxylic acids is 1. The molecular formula is C21H24N2OS. The van der Waals surface area contributed by atoms with E-state index in [9.17, 15) is 4.79 Å². The third kappa shape index (κ3) is 3.58. The van der Waals surface area contributed by atoms with Gasteiger partial charge in [-0.05, 0) is 56.4 Å². The van der Waals surface area contributed by atoms with Crippen molar-refractivity contribution in [3.8, 4) is 24.7 Å². The van der Waals surface area contributed by atoms with Crippen LogP contribution in [0.4, 0.5) is 10.7 Å². The fourth-order valence-corrected chi connectivity index (χ4v) is 4.73. The number of hydrogen-bond acceptors (Lipinski definition) is 3. The molecule has 0 bridgehead atoms. The van der Waals surface area contributed by atoms with Crippen molar-refractivity contribution in [3.05, 3.63) is 21.9 Å². The fourth-order valence-electron chi connectivity index (χ4n) is 3.55. The molecule has 1 saturated carbocycles. The standard InChI is InChI=1S/C12H12N2S.C9H12O/c1-4-12(2)7-5-6-8-9(12)10(14-3)11(13)15-8;1-3-9(2)7-5-4-6-8(9)10/h1H,5-7,13H2,2H3;1H,4-7H2,2H3/t12-;9-/m00/s1. The fraction of sp³-hybridized carbons (Fsp3) is 0.524. The van der Waals surface area contributed by atoms with Crippen LogP contribution < -0.4 is 5.73 Å². The van der Waals surface area contributed by atoms with Crippen molar-refractivity contribution in [3.63, 3.8) is 0 Å². The Bertz CT molecular complexity index is 802. The molecule has 0 unspecified atom stereocenters. The molecule has 25 heavy (non-hydrogen) atoms. The molecule has 0 amide bonds. The molecule has 2 aliphatic rings. The first kappa shape index (κ1) is 19.1. The minimum atomic E-state index is -0.432. The van der Waals surface area contributed by atoms with Gasteiger partial charge in [0.25, 0.3) is 0 Å². The third-order valence-electron chi connectivity index (χ3n) is 5.31. The van der Waals surface area contributed by atoms with Gasteiger partial charge < -0.3 is 5.73 Å². The lowest BCUT2D eigenvalue weighted by Crippen LogP contribution is -2.29. The van der Waals surface area contributed by atoms with Gasteiger partial charge in [-0.15, -0.1) is 24.2 Å². The lowest BCUT2D eigenvalue weighted by molar-refractivity contribution is -0.127. The smallest absolute Gasteiger partial charge is 0.225 e. The molecule has 0 aromatic carbocycles. The number of Topliss-reactive ketones (excluding diaryl/α,β-unsaturated/α-hetero) is 1. The molecule has 0 aliphatic heterocycles. The molecule has 0 spiro atoms. The topological polar surface area (TPSA) is 47.5 Å². The van der Waals surface area contributed by atoms with Crippen molar-refractivity contribution in [2.45, 2.75) is 64.2 Å². The van der Waals surface area contributed by atoms with Crippen LogP contribution >= 0.6 is 11.3 Å². The summed E-state index contributed by atoms with van der Waals surface area (Å²) in [4.78, 5) is 15.9. The van der Waals surface area contributed by atoms with Crippen LogP contribution in [0.3, 0.4) is 0 Å². The normalized spacial score (nSPS) is 27.7. The van der Waals surface area contributed by atoms with Gasteiger partial charge in [-0.3, -0.25) is 4.79 Å². The van der Waals surface area contributed by atoms with Crippen LogP contribution in [-0.2, 0) is 16.6 Å². The van der Waals surface area contributed by atoms with E-state index in [1.807, 2.05) is 13.8 Å². The SMILES string of the molecule is C#C[C@@]1(C)CCCCC1=O.[C-]#[N+]c1c(N)sc2c1[C@@](C)(C#C)CCC2. The number of nitrogens with two attached hydrogens (primary N) is 1. The molecule has 3 rings (SSSR count). The first-order valence-corrected chi connectivity index (χ1v) is 9.41. The Balaban J connectivity index is 0.000000196. The number of hydrogen-bond donors (Lipinski definition) is 1. The largest absolute Gasteiger partial charge is 0.399 e. The zero-order valence-corrected chi connectivity index (χ0v) is 15.8. The quantitative estimate of drug-likeness (QED) is 0.534. The predicted octanol–water partition coefficient (Wildman–Crippen LogP) is 4.88. The predicted molar refractivity (Wildman–Crippen MR) is 105 cm³/mol. The van der Waals surface area contributed by atoms with Gasteiger partial charge in [0.2, 0.25) is 5.69 Å². The highest BCUT2D eigenvalue weighted by Crippen LogP contribution is 2.49. The summed E-state index contributed by atoms with van der Waals surface area (Å²) >= 11 is 1.53.